The fraction of sp³-hybridized carbons (Fsp3) is 0.833. The highest BCUT2D eigenvalue weighted by molar-refractivity contribution is 4.92. The summed E-state index contributed by atoms with van der Waals surface area (Å²) in [6.45, 7) is 4.42. The topological polar surface area (TPSA) is 60.0 Å². The largest absolute Gasteiger partial charge is 0.327 e. The first-order valence-corrected chi connectivity index (χ1v) is 6.63. The third kappa shape index (κ3) is 2.35. The van der Waals surface area contributed by atoms with Crippen molar-refractivity contribution in [2.24, 2.45) is 17.6 Å². The molecule has 5 heteroatoms. The monoisotopic (exact) mass is 235 g/mol. The lowest BCUT2D eigenvalue weighted by Crippen LogP contribution is -2.38. The summed E-state index contributed by atoms with van der Waals surface area (Å²) >= 11 is 0. The van der Waals surface area contributed by atoms with Crippen LogP contribution in [0.1, 0.15) is 19.3 Å². The van der Waals surface area contributed by atoms with Gasteiger partial charge in [0.05, 0.1) is 6.54 Å². The Bertz CT molecular complexity index is 350. The molecular formula is C12H21N5. The standard InChI is InChI=1S/C12H21N5/c13-12-3-1-2-10-6-16(7-11(10)12)4-5-17-9-14-8-15-17/h8-12H,1-7,13H2. The van der Waals surface area contributed by atoms with Crippen LogP contribution in [0.25, 0.3) is 0 Å². The SMILES string of the molecule is NC1CCCC2CN(CCn3cncn3)CC12. The predicted octanol–water partition coefficient (Wildman–Crippen LogP) is 0.337. The quantitative estimate of drug-likeness (QED) is 0.820. The van der Waals surface area contributed by atoms with Gasteiger partial charge in [-0.05, 0) is 24.7 Å². The van der Waals surface area contributed by atoms with Crippen molar-refractivity contribution >= 4 is 0 Å². The van der Waals surface area contributed by atoms with Crippen LogP contribution in [0, 0.1) is 11.8 Å². The lowest BCUT2D eigenvalue weighted by atomic mass is 9.78. The van der Waals surface area contributed by atoms with E-state index < -0.39 is 0 Å². The van der Waals surface area contributed by atoms with Crippen molar-refractivity contribution in [1.29, 1.82) is 0 Å². The number of hydrogen-bond acceptors (Lipinski definition) is 4. The van der Waals surface area contributed by atoms with Gasteiger partial charge in [0.25, 0.3) is 0 Å². The van der Waals surface area contributed by atoms with Crippen LogP contribution in [0.4, 0.5) is 0 Å². The Morgan fingerprint density at radius 3 is 2.94 bits per heavy atom. The Morgan fingerprint density at radius 2 is 2.18 bits per heavy atom. The molecule has 0 bridgehead atoms. The van der Waals surface area contributed by atoms with E-state index in [9.17, 15) is 0 Å². The van der Waals surface area contributed by atoms with Crippen molar-refractivity contribution in [3.8, 4) is 0 Å². The van der Waals surface area contributed by atoms with Crippen molar-refractivity contribution in [3.05, 3.63) is 12.7 Å². The maximum atomic E-state index is 6.22. The minimum atomic E-state index is 0.435. The van der Waals surface area contributed by atoms with Crippen LogP contribution in [0.5, 0.6) is 0 Å². The highest BCUT2D eigenvalue weighted by atomic mass is 15.3. The van der Waals surface area contributed by atoms with Gasteiger partial charge in [0.2, 0.25) is 0 Å². The summed E-state index contributed by atoms with van der Waals surface area (Å²) in [7, 11) is 0. The molecule has 1 aromatic heterocycles. The molecule has 1 saturated heterocycles. The molecule has 0 aromatic carbocycles. The van der Waals surface area contributed by atoms with E-state index in [4.69, 9.17) is 5.73 Å². The normalized spacial score (nSPS) is 33.8. The fourth-order valence-electron chi connectivity index (χ4n) is 3.38. The summed E-state index contributed by atoms with van der Waals surface area (Å²) in [5.41, 5.74) is 6.22. The van der Waals surface area contributed by atoms with Crippen molar-refractivity contribution in [2.75, 3.05) is 19.6 Å². The molecule has 3 rings (SSSR count). The highest BCUT2D eigenvalue weighted by Gasteiger charge is 2.38. The molecule has 2 fully saturated rings. The zero-order chi connectivity index (χ0) is 11.7. The molecule has 2 heterocycles. The zero-order valence-corrected chi connectivity index (χ0v) is 10.2. The van der Waals surface area contributed by atoms with Crippen molar-refractivity contribution in [2.45, 2.75) is 31.8 Å². The van der Waals surface area contributed by atoms with Gasteiger partial charge in [-0.3, -0.25) is 4.68 Å². The molecule has 0 spiro atoms. The van der Waals surface area contributed by atoms with Crippen LogP contribution in [-0.2, 0) is 6.54 Å². The Morgan fingerprint density at radius 1 is 1.24 bits per heavy atom. The van der Waals surface area contributed by atoms with Gasteiger partial charge in [0, 0.05) is 25.7 Å². The molecular weight excluding hydrogens is 214 g/mol. The van der Waals surface area contributed by atoms with E-state index in [2.05, 4.69) is 15.0 Å². The molecule has 2 N–H and O–H groups in total. The maximum absolute atomic E-state index is 6.22. The predicted molar refractivity (Wildman–Crippen MR) is 65.3 cm³/mol. The van der Waals surface area contributed by atoms with Gasteiger partial charge >= 0.3 is 0 Å². The lowest BCUT2D eigenvalue weighted by molar-refractivity contribution is 0.259. The van der Waals surface area contributed by atoms with Crippen LogP contribution < -0.4 is 5.73 Å². The van der Waals surface area contributed by atoms with Crippen LogP contribution in [0.15, 0.2) is 12.7 Å². The first kappa shape index (κ1) is 11.2. The van der Waals surface area contributed by atoms with Crippen molar-refractivity contribution in [1.82, 2.24) is 19.7 Å². The van der Waals surface area contributed by atoms with Crippen molar-refractivity contribution in [3.63, 3.8) is 0 Å². The van der Waals surface area contributed by atoms with Gasteiger partial charge < -0.3 is 10.6 Å². The molecule has 5 nitrogen and oxygen atoms in total. The zero-order valence-electron chi connectivity index (χ0n) is 10.2. The summed E-state index contributed by atoms with van der Waals surface area (Å²) in [6, 6.07) is 0.435. The van der Waals surface area contributed by atoms with Crippen LogP contribution in [-0.4, -0.2) is 45.3 Å². The van der Waals surface area contributed by atoms with Crippen LogP contribution in [0.2, 0.25) is 0 Å². The highest BCUT2D eigenvalue weighted by Crippen LogP contribution is 2.35. The van der Waals surface area contributed by atoms with E-state index in [1.54, 1.807) is 12.7 Å². The number of likely N-dealkylation sites (tertiary alicyclic amines) is 1. The number of nitrogens with two attached hydrogens (primary N) is 1. The molecule has 2 aliphatic rings. The van der Waals surface area contributed by atoms with E-state index in [0.29, 0.717) is 6.04 Å². The number of rotatable bonds is 3. The molecule has 1 saturated carbocycles. The summed E-state index contributed by atoms with van der Waals surface area (Å²) in [6.07, 6.45) is 7.30. The molecule has 0 amide bonds. The van der Waals surface area contributed by atoms with Gasteiger partial charge in [-0.2, -0.15) is 5.10 Å². The summed E-state index contributed by atoms with van der Waals surface area (Å²) in [5.74, 6) is 1.58. The summed E-state index contributed by atoms with van der Waals surface area (Å²) in [5, 5.41) is 4.14. The van der Waals surface area contributed by atoms with Gasteiger partial charge in [-0.1, -0.05) is 6.42 Å². The molecule has 1 aliphatic heterocycles. The molecule has 3 unspecified atom stereocenters. The van der Waals surface area contributed by atoms with Crippen LogP contribution >= 0.6 is 0 Å². The Hall–Kier alpha value is -0.940. The van der Waals surface area contributed by atoms with Gasteiger partial charge in [-0.25, -0.2) is 4.98 Å². The second-order valence-electron chi connectivity index (χ2n) is 5.44. The van der Waals surface area contributed by atoms with E-state index in [1.165, 1.54) is 32.4 Å². The third-order valence-corrected chi connectivity index (χ3v) is 4.34. The molecule has 1 aliphatic carbocycles. The maximum Gasteiger partial charge on any atom is 0.137 e. The molecule has 94 valence electrons. The van der Waals surface area contributed by atoms with Crippen molar-refractivity contribution < 1.29 is 0 Å². The van der Waals surface area contributed by atoms with Crippen LogP contribution in [0.3, 0.4) is 0 Å². The number of aromatic nitrogens is 3. The molecule has 0 radical (unpaired) electrons. The van der Waals surface area contributed by atoms with Gasteiger partial charge in [-0.15, -0.1) is 0 Å². The number of nitrogens with zero attached hydrogens (tertiary/aromatic N) is 4. The average Bonchev–Trinajstić information content (AvgIpc) is 2.95. The Labute approximate surface area is 102 Å². The Kier molecular flexibility index (Phi) is 3.11. The second kappa shape index (κ2) is 4.74. The van der Waals surface area contributed by atoms with Gasteiger partial charge in [0.15, 0.2) is 0 Å². The minimum Gasteiger partial charge on any atom is -0.327 e. The number of hydrogen-bond donors (Lipinski definition) is 1. The minimum absolute atomic E-state index is 0.435. The Balaban J connectivity index is 1.53. The van der Waals surface area contributed by atoms with Gasteiger partial charge in [0.1, 0.15) is 12.7 Å². The fourth-order valence-corrected chi connectivity index (χ4v) is 3.38. The van der Waals surface area contributed by atoms with E-state index >= 15 is 0 Å². The van der Waals surface area contributed by atoms with E-state index in [0.717, 1.165) is 24.9 Å². The molecule has 17 heavy (non-hydrogen) atoms. The summed E-state index contributed by atoms with van der Waals surface area (Å²) < 4.78 is 1.90. The van der Waals surface area contributed by atoms with E-state index in [1.807, 2.05) is 4.68 Å². The second-order valence-corrected chi connectivity index (χ2v) is 5.44. The summed E-state index contributed by atoms with van der Waals surface area (Å²) in [4.78, 5) is 6.51. The lowest BCUT2D eigenvalue weighted by Gasteiger charge is -2.29. The smallest absolute Gasteiger partial charge is 0.137 e. The number of fused-ring (bicyclic) bond motifs is 1. The van der Waals surface area contributed by atoms with E-state index in [-0.39, 0.29) is 0 Å². The first-order chi connectivity index (χ1) is 8.33. The first-order valence-electron chi connectivity index (χ1n) is 6.63. The average molecular weight is 235 g/mol. The third-order valence-electron chi connectivity index (χ3n) is 4.34. The molecule has 3 atom stereocenters. The molecule has 1 aromatic rings.